The summed E-state index contributed by atoms with van der Waals surface area (Å²) in [5.41, 5.74) is 1.84. The number of benzene rings is 4. The third-order valence-corrected chi connectivity index (χ3v) is 10.8. The number of aryl methyl sites for hydroxylation is 1. The molecule has 1 fully saturated rings. The number of para-hydroxylation sites is 1. The molecular weight excluding hydrogens is 646 g/mol. The van der Waals surface area contributed by atoms with Gasteiger partial charge in [0, 0.05) is 17.6 Å². The lowest BCUT2D eigenvalue weighted by atomic mass is 9.95. The van der Waals surface area contributed by atoms with Crippen LogP contribution in [0.2, 0.25) is 5.02 Å². The van der Waals surface area contributed by atoms with Crippen LogP contribution in [0.15, 0.2) is 108 Å². The molecule has 0 radical (unpaired) electrons. The molecular formula is C38H42ClN3O5S. The van der Waals surface area contributed by atoms with E-state index in [0.29, 0.717) is 28.5 Å². The fraction of sp³-hybridized carbons (Fsp3) is 0.316. The number of sulfonamides is 1. The van der Waals surface area contributed by atoms with Crippen molar-refractivity contribution in [2.24, 2.45) is 0 Å². The number of rotatable bonds is 13. The molecule has 1 N–H and O–H groups in total. The van der Waals surface area contributed by atoms with Crippen LogP contribution in [-0.4, -0.2) is 43.8 Å². The highest BCUT2D eigenvalue weighted by Crippen LogP contribution is 2.29. The molecule has 1 atom stereocenters. The number of ether oxygens (including phenoxy) is 1. The molecule has 4 aromatic rings. The van der Waals surface area contributed by atoms with E-state index in [0.717, 1.165) is 42.0 Å². The van der Waals surface area contributed by atoms with Gasteiger partial charge < -0.3 is 15.0 Å². The van der Waals surface area contributed by atoms with Crippen molar-refractivity contribution in [3.05, 3.63) is 119 Å². The Kier molecular flexibility index (Phi) is 11.8. The molecule has 4 aromatic carbocycles. The molecule has 10 heteroatoms. The van der Waals surface area contributed by atoms with Crippen LogP contribution >= 0.6 is 11.6 Å². The second-order valence-electron chi connectivity index (χ2n) is 12.1. The summed E-state index contributed by atoms with van der Waals surface area (Å²) in [4.78, 5) is 29.7. The quantitative estimate of drug-likeness (QED) is 0.154. The van der Waals surface area contributed by atoms with Crippen LogP contribution in [0.1, 0.15) is 56.6 Å². The summed E-state index contributed by atoms with van der Waals surface area (Å²) >= 11 is 6.54. The standard InChI is InChI=1S/C38H42ClN3O5S/c1-3-36(38(44)40-30-13-6-4-7-14-30)41(26-29-12-10-11-17-35(29)39)37(43)27-42(48(45,46)34-24-18-28(2)19-25-34)31-20-22-33(23-21-31)47-32-15-8-5-9-16-32/h5,8-12,15-25,30,36H,3-4,6-7,13-14,26-27H2,1-2H3,(H,40,44)/t36-/m1/s1. The summed E-state index contributed by atoms with van der Waals surface area (Å²) in [6, 6.07) is 28.7. The lowest BCUT2D eigenvalue weighted by Crippen LogP contribution is -2.54. The van der Waals surface area contributed by atoms with Crippen LogP contribution in [0.4, 0.5) is 5.69 Å². The molecule has 0 unspecified atom stereocenters. The third-order valence-electron chi connectivity index (χ3n) is 8.63. The van der Waals surface area contributed by atoms with Crippen LogP contribution in [-0.2, 0) is 26.2 Å². The maximum atomic E-state index is 14.5. The van der Waals surface area contributed by atoms with Crippen molar-refractivity contribution < 1.29 is 22.7 Å². The number of amides is 2. The van der Waals surface area contributed by atoms with Crippen molar-refractivity contribution in [2.75, 3.05) is 10.8 Å². The Hall–Kier alpha value is -4.34. The van der Waals surface area contributed by atoms with Crippen LogP contribution in [0, 0.1) is 6.92 Å². The van der Waals surface area contributed by atoms with Crippen molar-refractivity contribution in [1.29, 1.82) is 0 Å². The molecule has 0 saturated heterocycles. The number of hydrogen-bond acceptors (Lipinski definition) is 5. The number of nitrogens with zero attached hydrogens (tertiary/aromatic N) is 2. The molecule has 1 saturated carbocycles. The maximum Gasteiger partial charge on any atom is 0.264 e. The summed E-state index contributed by atoms with van der Waals surface area (Å²) in [6.45, 7) is 3.23. The van der Waals surface area contributed by atoms with Gasteiger partial charge in [-0.3, -0.25) is 13.9 Å². The number of carbonyl (C=O) groups is 2. The van der Waals surface area contributed by atoms with Gasteiger partial charge in [-0.05, 0) is 86.3 Å². The van der Waals surface area contributed by atoms with Crippen LogP contribution in [0.25, 0.3) is 0 Å². The van der Waals surface area contributed by atoms with Gasteiger partial charge in [0.1, 0.15) is 24.1 Å². The Morgan fingerprint density at radius 3 is 2.12 bits per heavy atom. The average molecular weight is 688 g/mol. The molecule has 8 nitrogen and oxygen atoms in total. The summed E-state index contributed by atoms with van der Waals surface area (Å²) < 4.78 is 35.5. The topological polar surface area (TPSA) is 96.0 Å². The van der Waals surface area contributed by atoms with E-state index in [1.807, 2.05) is 50.2 Å². The Balaban J connectivity index is 1.49. The first kappa shape index (κ1) is 35.0. The molecule has 0 bridgehead atoms. The van der Waals surface area contributed by atoms with E-state index in [-0.39, 0.29) is 29.1 Å². The van der Waals surface area contributed by atoms with Crippen molar-refractivity contribution in [1.82, 2.24) is 10.2 Å². The van der Waals surface area contributed by atoms with Crippen molar-refractivity contribution in [2.45, 2.75) is 75.9 Å². The van der Waals surface area contributed by atoms with Gasteiger partial charge in [-0.2, -0.15) is 0 Å². The fourth-order valence-electron chi connectivity index (χ4n) is 5.95. The smallest absolute Gasteiger partial charge is 0.264 e. The van der Waals surface area contributed by atoms with E-state index >= 15 is 0 Å². The zero-order valence-electron chi connectivity index (χ0n) is 27.3. The molecule has 0 spiro atoms. The van der Waals surface area contributed by atoms with Crippen LogP contribution in [0.3, 0.4) is 0 Å². The summed E-state index contributed by atoms with van der Waals surface area (Å²) in [5.74, 6) is 0.368. The first-order valence-electron chi connectivity index (χ1n) is 16.4. The van der Waals surface area contributed by atoms with Gasteiger partial charge in [0.2, 0.25) is 11.8 Å². The first-order chi connectivity index (χ1) is 23.2. The van der Waals surface area contributed by atoms with E-state index < -0.39 is 28.5 Å². The number of hydrogen-bond donors (Lipinski definition) is 1. The Morgan fingerprint density at radius 2 is 1.48 bits per heavy atom. The minimum absolute atomic E-state index is 0.0391. The number of anilines is 1. The van der Waals surface area contributed by atoms with Gasteiger partial charge in [-0.1, -0.05) is 91.9 Å². The van der Waals surface area contributed by atoms with E-state index in [1.54, 1.807) is 54.6 Å². The molecule has 252 valence electrons. The second kappa shape index (κ2) is 16.2. The molecule has 1 aliphatic rings. The van der Waals surface area contributed by atoms with E-state index in [9.17, 15) is 18.0 Å². The number of halogens is 1. The van der Waals surface area contributed by atoms with E-state index in [4.69, 9.17) is 16.3 Å². The van der Waals surface area contributed by atoms with Gasteiger partial charge in [-0.25, -0.2) is 8.42 Å². The van der Waals surface area contributed by atoms with Crippen molar-refractivity contribution in [3.63, 3.8) is 0 Å². The first-order valence-corrected chi connectivity index (χ1v) is 18.2. The fourth-order valence-corrected chi connectivity index (χ4v) is 7.55. The molecule has 48 heavy (non-hydrogen) atoms. The Labute approximate surface area is 288 Å². The van der Waals surface area contributed by atoms with Gasteiger partial charge in [-0.15, -0.1) is 0 Å². The largest absolute Gasteiger partial charge is 0.457 e. The Bertz CT molecular complexity index is 1780. The highest BCUT2D eigenvalue weighted by Gasteiger charge is 2.34. The lowest BCUT2D eigenvalue weighted by Gasteiger charge is -2.34. The van der Waals surface area contributed by atoms with Gasteiger partial charge >= 0.3 is 0 Å². The van der Waals surface area contributed by atoms with E-state index in [1.165, 1.54) is 17.0 Å². The monoisotopic (exact) mass is 687 g/mol. The SMILES string of the molecule is CC[C@H](C(=O)NC1CCCCC1)N(Cc1ccccc1Cl)C(=O)CN(c1ccc(Oc2ccccc2)cc1)S(=O)(=O)c1ccc(C)cc1. The zero-order chi connectivity index (χ0) is 34.1. The molecule has 1 aliphatic carbocycles. The van der Waals surface area contributed by atoms with Gasteiger partial charge in [0.05, 0.1) is 10.6 Å². The summed E-state index contributed by atoms with van der Waals surface area (Å²) in [7, 11) is -4.21. The Morgan fingerprint density at radius 1 is 0.854 bits per heavy atom. The second-order valence-corrected chi connectivity index (χ2v) is 14.4. The molecule has 0 aromatic heterocycles. The van der Waals surface area contributed by atoms with E-state index in [2.05, 4.69) is 5.32 Å². The highest BCUT2D eigenvalue weighted by atomic mass is 35.5. The molecule has 2 amide bonds. The normalized spacial score (nSPS) is 14.1. The highest BCUT2D eigenvalue weighted by molar-refractivity contribution is 7.92. The zero-order valence-corrected chi connectivity index (χ0v) is 28.9. The predicted molar refractivity (Wildman–Crippen MR) is 190 cm³/mol. The molecule has 0 heterocycles. The summed E-state index contributed by atoms with van der Waals surface area (Å²) in [6.07, 6.45) is 5.37. The average Bonchev–Trinajstić information content (AvgIpc) is 3.09. The minimum atomic E-state index is -4.21. The maximum absolute atomic E-state index is 14.5. The summed E-state index contributed by atoms with van der Waals surface area (Å²) in [5, 5.41) is 3.62. The molecule has 5 rings (SSSR count). The lowest BCUT2D eigenvalue weighted by molar-refractivity contribution is -0.140. The minimum Gasteiger partial charge on any atom is -0.457 e. The van der Waals surface area contributed by atoms with Gasteiger partial charge in [0.15, 0.2) is 0 Å². The third kappa shape index (κ3) is 8.76. The van der Waals surface area contributed by atoms with Gasteiger partial charge in [0.25, 0.3) is 10.0 Å². The van der Waals surface area contributed by atoms with Crippen molar-refractivity contribution in [3.8, 4) is 11.5 Å². The molecule has 0 aliphatic heterocycles. The predicted octanol–water partition coefficient (Wildman–Crippen LogP) is 7.89. The van der Waals surface area contributed by atoms with Crippen LogP contribution in [0.5, 0.6) is 11.5 Å². The number of nitrogens with one attached hydrogen (secondary N) is 1. The van der Waals surface area contributed by atoms with Crippen LogP contribution < -0.4 is 14.4 Å². The van der Waals surface area contributed by atoms with Crippen molar-refractivity contribution >= 4 is 39.1 Å². The number of carbonyl (C=O) groups excluding carboxylic acids is 2.